The zero-order valence-corrected chi connectivity index (χ0v) is 14.0. The molecule has 1 aromatic heterocycles. The number of hydrogen-bond donors (Lipinski definition) is 1. The molecule has 0 spiro atoms. The minimum Gasteiger partial charge on any atom is -0.360 e. The summed E-state index contributed by atoms with van der Waals surface area (Å²) in [5.41, 5.74) is 0.888. The fraction of sp³-hybridized carbons (Fsp3) is 0.500. The molecular weight excluding hydrogens is 304 g/mol. The number of carbonyl (C=O) groups is 1. The summed E-state index contributed by atoms with van der Waals surface area (Å²) in [5, 5.41) is 10.9. The molecule has 0 aliphatic heterocycles. The van der Waals surface area contributed by atoms with Crippen LogP contribution in [-0.2, 0) is 22.6 Å². The zero-order valence-electron chi connectivity index (χ0n) is 14.0. The number of nitrogens with zero attached hydrogens (tertiary/aromatic N) is 3. The Morgan fingerprint density at radius 2 is 2.08 bits per heavy atom. The maximum atomic E-state index is 12.7. The normalized spacial score (nSPS) is 16.2. The van der Waals surface area contributed by atoms with E-state index in [-0.39, 0.29) is 12.0 Å². The molecule has 6 nitrogen and oxygen atoms in total. The van der Waals surface area contributed by atoms with Crippen molar-refractivity contribution in [2.75, 3.05) is 0 Å². The van der Waals surface area contributed by atoms with Gasteiger partial charge in [0.05, 0.1) is 12.6 Å². The van der Waals surface area contributed by atoms with Gasteiger partial charge in [0.15, 0.2) is 11.9 Å². The van der Waals surface area contributed by atoms with Crippen LogP contribution in [0.4, 0.5) is 0 Å². The molecule has 0 saturated heterocycles. The first-order chi connectivity index (χ1) is 11.8. The van der Waals surface area contributed by atoms with Crippen LogP contribution >= 0.6 is 0 Å². The molecule has 1 atom stereocenters. The van der Waals surface area contributed by atoms with Crippen LogP contribution in [0.15, 0.2) is 36.7 Å². The Balaban J connectivity index is 1.68. The summed E-state index contributed by atoms with van der Waals surface area (Å²) < 4.78 is 8.04. The number of carbonyl (C=O) groups excluding carboxylic acids is 1. The molecule has 1 aliphatic carbocycles. The monoisotopic (exact) mass is 328 g/mol. The maximum Gasteiger partial charge on any atom is 0.254 e. The Hall–Kier alpha value is -2.21. The lowest BCUT2D eigenvalue weighted by molar-refractivity contribution is -0.137. The number of aryl methyl sites for hydroxylation is 1. The van der Waals surface area contributed by atoms with Crippen LogP contribution in [0.3, 0.4) is 0 Å². The summed E-state index contributed by atoms with van der Waals surface area (Å²) >= 11 is 0. The first kappa shape index (κ1) is 16.6. The van der Waals surface area contributed by atoms with Crippen LogP contribution in [0.5, 0.6) is 0 Å². The van der Waals surface area contributed by atoms with Gasteiger partial charge in [-0.1, -0.05) is 43.2 Å². The third-order valence-corrected chi connectivity index (χ3v) is 4.43. The van der Waals surface area contributed by atoms with Crippen molar-refractivity contribution in [3.8, 4) is 0 Å². The molecule has 1 aromatic carbocycles. The summed E-state index contributed by atoms with van der Waals surface area (Å²) in [6.45, 7) is 3.15. The van der Waals surface area contributed by atoms with Gasteiger partial charge in [-0.25, -0.2) is 0 Å². The van der Waals surface area contributed by atoms with Gasteiger partial charge in [-0.3, -0.25) is 4.79 Å². The van der Waals surface area contributed by atoms with Gasteiger partial charge in [0.2, 0.25) is 0 Å². The zero-order chi connectivity index (χ0) is 16.8. The van der Waals surface area contributed by atoms with Gasteiger partial charge < -0.3 is 14.6 Å². The van der Waals surface area contributed by atoms with Crippen LogP contribution in [0, 0.1) is 0 Å². The highest BCUT2D eigenvalue weighted by atomic mass is 16.5. The van der Waals surface area contributed by atoms with E-state index in [1.165, 1.54) is 12.8 Å². The van der Waals surface area contributed by atoms with Crippen LogP contribution in [0.2, 0.25) is 0 Å². The number of amides is 1. The average Bonchev–Trinajstić information content (AvgIpc) is 3.29. The molecule has 0 radical (unpaired) electrons. The first-order valence-corrected chi connectivity index (χ1v) is 8.62. The molecule has 0 unspecified atom stereocenters. The highest BCUT2D eigenvalue weighted by Gasteiger charge is 2.27. The predicted octanol–water partition coefficient (Wildman–Crippen LogP) is 2.61. The van der Waals surface area contributed by atoms with Gasteiger partial charge in [-0.2, -0.15) is 0 Å². The van der Waals surface area contributed by atoms with Crippen LogP contribution in [0.1, 0.15) is 50.1 Å². The van der Waals surface area contributed by atoms with E-state index in [2.05, 4.69) is 15.5 Å². The van der Waals surface area contributed by atoms with Gasteiger partial charge in [0, 0.05) is 6.54 Å². The van der Waals surface area contributed by atoms with Crippen molar-refractivity contribution in [3.63, 3.8) is 0 Å². The second kappa shape index (κ2) is 8.06. The van der Waals surface area contributed by atoms with Gasteiger partial charge in [-0.15, -0.1) is 10.2 Å². The molecule has 128 valence electrons. The Bertz CT molecular complexity index is 650. The van der Waals surface area contributed by atoms with Gasteiger partial charge >= 0.3 is 0 Å². The fourth-order valence-corrected chi connectivity index (χ4v) is 3.08. The molecular formula is C18H24N4O2. The third kappa shape index (κ3) is 4.00. The van der Waals surface area contributed by atoms with E-state index in [0.717, 1.165) is 30.8 Å². The molecule has 2 aromatic rings. The van der Waals surface area contributed by atoms with Gasteiger partial charge in [0.25, 0.3) is 5.91 Å². The Morgan fingerprint density at radius 1 is 1.33 bits per heavy atom. The van der Waals surface area contributed by atoms with Crippen LogP contribution < -0.4 is 5.32 Å². The number of benzene rings is 1. The Kier molecular flexibility index (Phi) is 5.59. The fourth-order valence-electron chi connectivity index (χ4n) is 3.08. The molecule has 1 N–H and O–H groups in total. The lowest BCUT2D eigenvalue weighted by Gasteiger charge is -2.22. The summed E-state index contributed by atoms with van der Waals surface area (Å²) in [4.78, 5) is 12.7. The molecule has 1 amide bonds. The van der Waals surface area contributed by atoms with E-state index >= 15 is 0 Å². The summed E-state index contributed by atoms with van der Waals surface area (Å²) in [5.74, 6) is 0.622. The molecule has 3 rings (SSSR count). The topological polar surface area (TPSA) is 69.0 Å². The number of nitrogens with one attached hydrogen (secondary N) is 1. The number of hydrogen-bond acceptors (Lipinski definition) is 4. The van der Waals surface area contributed by atoms with Crippen LogP contribution in [-0.4, -0.2) is 26.8 Å². The second-order valence-electron chi connectivity index (χ2n) is 6.08. The highest BCUT2D eigenvalue weighted by Crippen LogP contribution is 2.28. The quantitative estimate of drug-likeness (QED) is 0.848. The van der Waals surface area contributed by atoms with Crippen molar-refractivity contribution < 1.29 is 9.53 Å². The molecule has 1 saturated carbocycles. The molecule has 1 heterocycles. The molecule has 1 fully saturated rings. The minimum atomic E-state index is -0.577. The second-order valence-corrected chi connectivity index (χ2v) is 6.08. The minimum absolute atomic E-state index is 0.126. The Morgan fingerprint density at radius 3 is 2.79 bits per heavy atom. The van der Waals surface area contributed by atoms with E-state index in [1.807, 2.05) is 41.8 Å². The van der Waals surface area contributed by atoms with E-state index in [0.29, 0.717) is 6.54 Å². The molecule has 0 bridgehead atoms. The van der Waals surface area contributed by atoms with Crippen molar-refractivity contribution >= 4 is 5.91 Å². The van der Waals surface area contributed by atoms with Crippen LogP contribution in [0.25, 0.3) is 0 Å². The lowest BCUT2D eigenvalue weighted by Crippen LogP contribution is -2.33. The van der Waals surface area contributed by atoms with Crippen molar-refractivity contribution in [1.29, 1.82) is 0 Å². The van der Waals surface area contributed by atoms with Crippen molar-refractivity contribution in [2.24, 2.45) is 0 Å². The lowest BCUT2D eigenvalue weighted by atomic mass is 10.1. The summed E-state index contributed by atoms with van der Waals surface area (Å²) in [7, 11) is 0. The maximum absolute atomic E-state index is 12.7. The largest absolute Gasteiger partial charge is 0.360 e. The van der Waals surface area contributed by atoms with E-state index in [4.69, 9.17) is 4.74 Å². The SMILES string of the molecule is CCn1cnnc1CNC(=O)[C@H](OC1CCCC1)c1ccccc1. The van der Waals surface area contributed by atoms with Crippen molar-refractivity contribution in [1.82, 2.24) is 20.1 Å². The first-order valence-electron chi connectivity index (χ1n) is 8.62. The smallest absolute Gasteiger partial charge is 0.254 e. The average molecular weight is 328 g/mol. The third-order valence-electron chi connectivity index (χ3n) is 4.43. The molecule has 1 aliphatic rings. The number of aromatic nitrogens is 3. The highest BCUT2D eigenvalue weighted by molar-refractivity contribution is 5.82. The molecule has 24 heavy (non-hydrogen) atoms. The van der Waals surface area contributed by atoms with E-state index < -0.39 is 6.10 Å². The summed E-state index contributed by atoms with van der Waals surface area (Å²) in [6, 6.07) is 9.68. The van der Waals surface area contributed by atoms with Crippen molar-refractivity contribution in [3.05, 3.63) is 48.0 Å². The molecule has 6 heteroatoms. The Labute approximate surface area is 142 Å². The van der Waals surface area contributed by atoms with Gasteiger partial charge in [0.1, 0.15) is 6.33 Å². The number of ether oxygens (including phenoxy) is 1. The standard InChI is InChI=1S/C18H24N4O2/c1-2-22-13-20-21-16(22)12-19-18(23)17(14-8-4-3-5-9-14)24-15-10-6-7-11-15/h3-5,8-9,13,15,17H,2,6-7,10-12H2,1H3,(H,19,23)/t17-/m1/s1. The van der Waals surface area contributed by atoms with E-state index in [1.54, 1.807) is 6.33 Å². The van der Waals surface area contributed by atoms with Crippen molar-refractivity contribution in [2.45, 2.75) is 57.9 Å². The van der Waals surface area contributed by atoms with Gasteiger partial charge in [-0.05, 0) is 25.3 Å². The summed E-state index contributed by atoms with van der Waals surface area (Å²) in [6.07, 6.45) is 5.67. The van der Waals surface area contributed by atoms with E-state index in [9.17, 15) is 4.79 Å². The predicted molar refractivity (Wildman–Crippen MR) is 90.1 cm³/mol. The number of rotatable bonds is 7.